The molecule has 0 saturated carbocycles. The lowest BCUT2D eigenvalue weighted by Gasteiger charge is -2.38. The quantitative estimate of drug-likeness (QED) is 0.734. The molecule has 4 rings (SSSR count). The second kappa shape index (κ2) is 5.15. The molecule has 4 heterocycles. The molecule has 0 N–H and O–H groups in total. The Labute approximate surface area is 139 Å². The van der Waals surface area contributed by atoms with Gasteiger partial charge in [-0.15, -0.1) is 0 Å². The number of rotatable bonds is 1. The molecule has 0 bridgehead atoms. The van der Waals surface area contributed by atoms with Gasteiger partial charge in [0.15, 0.2) is 0 Å². The fraction of sp³-hybridized carbons (Fsp3) is 0.500. The van der Waals surface area contributed by atoms with Crippen LogP contribution in [0.1, 0.15) is 24.1 Å². The summed E-state index contributed by atoms with van der Waals surface area (Å²) < 4.78 is 69.0. The molecule has 0 spiro atoms. The zero-order chi connectivity index (χ0) is 18.0. The lowest BCUT2D eigenvalue weighted by molar-refractivity contribution is -0.144. The molecular formula is C16H14F5N3O. The van der Waals surface area contributed by atoms with Crippen LogP contribution in [0.5, 0.6) is 0 Å². The number of likely N-dealkylation sites (tertiary alicyclic amines) is 1. The molecule has 1 amide bonds. The molecule has 9 heteroatoms. The van der Waals surface area contributed by atoms with Crippen molar-refractivity contribution in [3.63, 3.8) is 0 Å². The minimum absolute atomic E-state index is 0.101. The van der Waals surface area contributed by atoms with E-state index in [1.54, 1.807) is 0 Å². The SMILES string of the molecule is O=C1CCCN1C1Cc2cc3cc(C(F)(F)F)cnc3n2CC1(F)F. The van der Waals surface area contributed by atoms with E-state index in [9.17, 15) is 26.7 Å². The molecule has 1 unspecified atom stereocenters. The molecule has 0 aromatic carbocycles. The molecule has 2 aliphatic rings. The Morgan fingerprint density at radius 3 is 2.64 bits per heavy atom. The Balaban J connectivity index is 1.76. The number of carbonyl (C=O) groups is 1. The standard InChI is InChI=1S/C16H14F5N3O/c17-15(18)8-24-11(6-12(15)23-3-1-2-13(23)25)5-9-4-10(16(19,20)21)7-22-14(9)24/h4-5,7,12H,1-3,6,8H2. The lowest BCUT2D eigenvalue weighted by Crippen LogP contribution is -2.54. The zero-order valence-corrected chi connectivity index (χ0v) is 13.0. The van der Waals surface area contributed by atoms with Crippen molar-refractivity contribution in [2.45, 2.75) is 43.9 Å². The maximum atomic E-state index is 14.6. The first-order chi connectivity index (χ1) is 11.7. The second-order valence-electron chi connectivity index (χ2n) is 6.53. The summed E-state index contributed by atoms with van der Waals surface area (Å²) in [5, 5.41) is 0.175. The second-order valence-corrected chi connectivity index (χ2v) is 6.53. The van der Waals surface area contributed by atoms with Gasteiger partial charge in [0.2, 0.25) is 5.91 Å². The lowest BCUT2D eigenvalue weighted by atomic mass is 9.98. The van der Waals surface area contributed by atoms with Gasteiger partial charge in [0.25, 0.3) is 5.92 Å². The Hall–Kier alpha value is -2.19. The van der Waals surface area contributed by atoms with E-state index in [2.05, 4.69) is 4.98 Å². The monoisotopic (exact) mass is 359 g/mol. The van der Waals surface area contributed by atoms with Crippen molar-refractivity contribution in [2.75, 3.05) is 6.54 Å². The highest BCUT2D eigenvalue weighted by Crippen LogP contribution is 2.38. The van der Waals surface area contributed by atoms with Crippen molar-refractivity contribution in [3.8, 4) is 0 Å². The van der Waals surface area contributed by atoms with Crippen LogP contribution in [-0.2, 0) is 23.9 Å². The first-order valence-electron chi connectivity index (χ1n) is 7.89. The van der Waals surface area contributed by atoms with Crippen LogP contribution < -0.4 is 0 Å². The maximum Gasteiger partial charge on any atom is 0.417 e. The minimum atomic E-state index is -4.54. The van der Waals surface area contributed by atoms with Gasteiger partial charge in [-0.1, -0.05) is 0 Å². The number of carbonyl (C=O) groups excluding carboxylic acids is 1. The molecule has 0 aliphatic carbocycles. The van der Waals surface area contributed by atoms with Crippen LogP contribution >= 0.6 is 0 Å². The highest BCUT2D eigenvalue weighted by Gasteiger charge is 2.49. The Kier molecular flexibility index (Phi) is 3.36. The average molecular weight is 359 g/mol. The topological polar surface area (TPSA) is 38.1 Å². The number of fused-ring (bicyclic) bond motifs is 3. The number of pyridine rings is 1. The molecule has 134 valence electrons. The fourth-order valence-electron chi connectivity index (χ4n) is 3.70. The van der Waals surface area contributed by atoms with Gasteiger partial charge in [0.05, 0.1) is 12.1 Å². The summed E-state index contributed by atoms with van der Waals surface area (Å²) in [5.74, 6) is -3.46. The first kappa shape index (κ1) is 16.3. The Morgan fingerprint density at radius 2 is 2.00 bits per heavy atom. The Bertz CT molecular complexity index is 857. The van der Waals surface area contributed by atoms with Gasteiger partial charge in [0, 0.05) is 36.7 Å². The summed E-state index contributed by atoms with van der Waals surface area (Å²) in [6, 6.07) is 1.11. The predicted octanol–water partition coefficient (Wildman–Crippen LogP) is 3.24. The number of nitrogens with zero attached hydrogens (tertiary/aromatic N) is 3. The average Bonchev–Trinajstić information content (AvgIpc) is 3.07. The number of hydrogen-bond acceptors (Lipinski definition) is 2. The highest BCUT2D eigenvalue weighted by molar-refractivity contribution is 5.80. The third kappa shape index (κ3) is 2.56. The van der Waals surface area contributed by atoms with Crippen LogP contribution in [0, 0.1) is 0 Å². The van der Waals surface area contributed by atoms with E-state index in [4.69, 9.17) is 0 Å². The van der Waals surface area contributed by atoms with Crippen LogP contribution in [-0.4, -0.2) is 38.9 Å². The molecular weight excluding hydrogens is 345 g/mol. The summed E-state index contributed by atoms with van der Waals surface area (Å²) in [6.45, 7) is -0.408. The normalized spacial score (nSPS) is 23.3. The number of halogens is 5. The maximum absolute atomic E-state index is 14.6. The van der Waals surface area contributed by atoms with E-state index < -0.39 is 30.2 Å². The van der Waals surface area contributed by atoms with Crippen molar-refractivity contribution < 1.29 is 26.7 Å². The van der Waals surface area contributed by atoms with Crippen LogP contribution in [0.15, 0.2) is 18.3 Å². The molecule has 4 nitrogen and oxygen atoms in total. The van der Waals surface area contributed by atoms with E-state index >= 15 is 0 Å². The van der Waals surface area contributed by atoms with E-state index in [1.807, 2.05) is 0 Å². The van der Waals surface area contributed by atoms with Crippen LogP contribution in [0.3, 0.4) is 0 Å². The van der Waals surface area contributed by atoms with Crippen molar-refractivity contribution >= 4 is 16.9 Å². The third-order valence-corrected chi connectivity index (χ3v) is 4.89. The fourth-order valence-corrected chi connectivity index (χ4v) is 3.70. The van der Waals surface area contributed by atoms with Gasteiger partial charge in [-0.3, -0.25) is 4.79 Å². The van der Waals surface area contributed by atoms with Gasteiger partial charge < -0.3 is 9.47 Å². The highest BCUT2D eigenvalue weighted by atomic mass is 19.4. The van der Waals surface area contributed by atoms with Gasteiger partial charge in [0.1, 0.15) is 11.7 Å². The summed E-state index contributed by atoms with van der Waals surface area (Å²) in [4.78, 5) is 16.8. The molecule has 1 atom stereocenters. The van der Waals surface area contributed by atoms with Crippen LogP contribution in [0.2, 0.25) is 0 Å². The van der Waals surface area contributed by atoms with Gasteiger partial charge in [-0.2, -0.15) is 13.2 Å². The zero-order valence-electron chi connectivity index (χ0n) is 13.0. The molecule has 2 aliphatic heterocycles. The first-order valence-corrected chi connectivity index (χ1v) is 7.89. The molecule has 0 radical (unpaired) electrons. The number of alkyl halides is 5. The van der Waals surface area contributed by atoms with E-state index in [1.165, 1.54) is 15.5 Å². The molecule has 1 saturated heterocycles. The number of amides is 1. The van der Waals surface area contributed by atoms with Gasteiger partial charge >= 0.3 is 6.18 Å². The molecule has 25 heavy (non-hydrogen) atoms. The van der Waals surface area contributed by atoms with Crippen molar-refractivity contribution in [1.29, 1.82) is 0 Å². The summed E-state index contributed by atoms with van der Waals surface area (Å²) >= 11 is 0. The van der Waals surface area contributed by atoms with Crippen LogP contribution in [0.25, 0.3) is 11.0 Å². The molecule has 1 fully saturated rings. The summed E-state index contributed by atoms with van der Waals surface area (Å²) in [5.41, 5.74) is -0.340. The van der Waals surface area contributed by atoms with Crippen molar-refractivity contribution in [3.05, 3.63) is 29.6 Å². The van der Waals surface area contributed by atoms with E-state index in [0.717, 1.165) is 6.07 Å². The number of aromatic nitrogens is 2. The predicted molar refractivity (Wildman–Crippen MR) is 78.1 cm³/mol. The summed E-state index contributed by atoms with van der Waals surface area (Å²) in [7, 11) is 0. The smallest absolute Gasteiger partial charge is 0.333 e. The van der Waals surface area contributed by atoms with E-state index in [0.29, 0.717) is 18.3 Å². The largest absolute Gasteiger partial charge is 0.417 e. The molecule has 2 aromatic rings. The van der Waals surface area contributed by atoms with Crippen LogP contribution in [0.4, 0.5) is 22.0 Å². The third-order valence-electron chi connectivity index (χ3n) is 4.89. The molecule has 2 aromatic heterocycles. The van der Waals surface area contributed by atoms with Crippen molar-refractivity contribution in [2.24, 2.45) is 0 Å². The van der Waals surface area contributed by atoms with Gasteiger partial charge in [-0.05, 0) is 18.6 Å². The van der Waals surface area contributed by atoms with Crippen molar-refractivity contribution in [1.82, 2.24) is 14.5 Å². The van der Waals surface area contributed by atoms with Gasteiger partial charge in [-0.25, -0.2) is 13.8 Å². The number of hydrogen-bond donors (Lipinski definition) is 0. The minimum Gasteiger partial charge on any atom is -0.333 e. The summed E-state index contributed by atoms with van der Waals surface area (Å²) in [6.07, 6.45) is -3.19. The van der Waals surface area contributed by atoms with E-state index in [-0.39, 0.29) is 36.3 Å². The Morgan fingerprint density at radius 1 is 1.24 bits per heavy atom.